The first-order valence-corrected chi connectivity index (χ1v) is 11.3. The quantitative estimate of drug-likeness (QED) is 0.0640. The summed E-state index contributed by atoms with van der Waals surface area (Å²) in [6.07, 6.45) is -0.557. The minimum atomic E-state index is -4.18. The first kappa shape index (κ1) is 38.3. The van der Waals surface area contributed by atoms with Gasteiger partial charge in [0.25, 0.3) is 0 Å². The molecular formula is C12H30BLiO15P2. The molecule has 182 valence electrons. The second kappa shape index (κ2) is 18.4. The van der Waals surface area contributed by atoms with Gasteiger partial charge in [-0.25, -0.2) is 0 Å². The van der Waals surface area contributed by atoms with Gasteiger partial charge in [0.15, 0.2) is 12.6 Å². The third kappa shape index (κ3) is 14.7. The van der Waals surface area contributed by atoms with E-state index < -0.39 is 33.6 Å². The maximum atomic E-state index is 11.5. The molecule has 0 amide bonds. The van der Waals surface area contributed by atoms with Crippen molar-refractivity contribution in [3.63, 3.8) is 0 Å². The van der Waals surface area contributed by atoms with Crippen LogP contribution in [0.1, 0.15) is 27.7 Å². The molecule has 0 aliphatic heterocycles. The number of carbonyl (C=O) groups excluding carboxylic acids is 2. The Morgan fingerprint density at radius 3 is 0.935 bits per heavy atom. The molecule has 0 rings (SSSR count). The molecule has 0 aromatic carbocycles. The van der Waals surface area contributed by atoms with E-state index in [0.29, 0.717) is 0 Å². The number of hydrogen-bond donors (Lipinski definition) is 7. The molecule has 0 saturated heterocycles. The van der Waals surface area contributed by atoms with Gasteiger partial charge < -0.3 is 53.6 Å². The Kier molecular flexibility index (Phi) is 22.8. The van der Waals surface area contributed by atoms with Crippen LogP contribution in [0.2, 0.25) is 0 Å². The summed E-state index contributed by atoms with van der Waals surface area (Å²) in [4.78, 5) is 20.4. The molecule has 0 atom stereocenters. The third-order valence-electron chi connectivity index (χ3n) is 2.32. The van der Waals surface area contributed by atoms with E-state index in [-0.39, 0.29) is 57.9 Å². The summed E-state index contributed by atoms with van der Waals surface area (Å²) in [6, 6.07) is 0. The van der Waals surface area contributed by atoms with Gasteiger partial charge in [0.05, 0.1) is 26.4 Å². The van der Waals surface area contributed by atoms with Crippen molar-refractivity contribution in [1.29, 1.82) is 0 Å². The SMILES string of the molecule is CCOP(=O)(OCC)C(O)(O)C=O.CCOP(=O)(OCC)C(O)(O)C=O.OB(O)O.[LiH]. The molecule has 0 aromatic rings. The molecule has 0 saturated carbocycles. The van der Waals surface area contributed by atoms with E-state index >= 15 is 0 Å². The van der Waals surface area contributed by atoms with Gasteiger partial charge in [-0.05, 0) is 27.7 Å². The first-order chi connectivity index (χ1) is 13.6. The van der Waals surface area contributed by atoms with E-state index in [4.69, 9.17) is 35.5 Å². The molecule has 19 heteroatoms. The molecule has 0 spiro atoms. The van der Waals surface area contributed by atoms with Crippen LogP contribution in [0.3, 0.4) is 0 Å². The second-order valence-electron chi connectivity index (χ2n) is 4.62. The Balaban J connectivity index is -0.000000195. The predicted octanol–water partition coefficient (Wildman–Crippen LogP) is -2.52. The Bertz CT molecular complexity index is 505. The summed E-state index contributed by atoms with van der Waals surface area (Å²) in [6.45, 7) is 5.78. The molecule has 0 fully saturated rings. The fourth-order valence-corrected chi connectivity index (χ4v) is 3.79. The van der Waals surface area contributed by atoms with Crippen molar-refractivity contribution in [3.8, 4) is 0 Å². The summed E-state index contributed by atoms with van der Waals surface area (Å²) in [5, 5.41) is 57.4. The molecule has 31 heavy (non-hydrogen) atoms. The number of hydrogen-bond acceptors (Lipinski definition) is 15. The normalized spacial score (nSPS) is 11.7. The zero-order chi connectivity index (χ0) is 24.6. The van der Waals surface area contributed by atoms with Gasteiger partial charge in [0.2, 0.25) is 0 Å². The van der Waals surface area contributed by atoms with Crippen molar-refractivity contribution in [2.24, 2.45) is 0 Å². The monoisotopic (exact) mass is 494 g/mol. The van der Waals surface area contributed by atoms with Gasteiger partial charge in [0.1, 0.15) is 0 Å². The van der Waals surface area contributed by atoms with E-state index in [1.165, 1.54) is 27.7 Å². The molecule has 0 bridgehead atoms. The van der Waals surface area contributed by atoms with E-state index in [9.17, 15) is 18.7 Å². The molecule has 15 nitrogen and oxygen atoms in total. The standard InChI is InChI=1S/2C6H13O6P.BH3O3.Li.H/c2*1-3-11-13(10,12-4-2)6(8,9)5-7;2-1(3)4;;/h2*5,8-9H,3-4H2,1-2H3;2-4H;;. The average Bonchev–Trinajstić information content (AvgIpc) is 2.62. The summed E-state index contributed by atoms with van der Waals surface area (Å²) < 4.78 is 41.1. The van der Waals surface area contributed by atoms with Gasteiger partial charge in [-0.3, -0.25) is 18.7 Å². The number of aldehydes is 2. The van der Waals surface area contributed by atoms with Crippen LogP contribution in [-0.2, 0) is 36.8 Å². The Labute approximate surface area is 191 Å². The topological polar surface area (TPSA) is 247 Å². The van der Waals surface area contributed by atoms with Crippen LogP contribution < -0.4 is 0 Å². The van der Waals surface area contributed by atoms with Crippen molar-refractivity contribution in [3.05, 3.63) is 0 Å². The number of carbonyl (C=O) groups is 2. The summed E-state index contributed by atoms with van der Waals surface area (Å²) in [5.74, 6) is 0. The minimum absolute atomic E-state index is 0. The third-order valence-corrected chi connectivity index (χ3v) is 6.53. The molecule has 0 unspecified atom stereocenters. The molecule has 7 N–H and O–H groups in total. The first-order valence-electron chi connectivity index (χ1n) is 8.24. The molecule has 0 aliphatic rings. The van der Waals surface area contributed by atoms with Crippen molar-refractivity contribution in [2.75, 3.05) is 26.4 Å². The summed E-state index contributed by atoms with van der Waals surface area (Å²) >= 11 is 0. The van der Waals surface area contributed by atoms with Gasteiger partial charge >= 0.3 is 52.4 Å². The van der Waals surface area contributed by atoms with Crippen LogP contribution in [0.25, 0.3) is 0 Å². The van der Waals surface area contributed by atoms with E-state index in [2.05, 4.69) is 18.1 Å². The van der Waals surface area contributed by atoms with E-state index in [0.717, 1.165) is 0 Å². The zero-order valence-electron chi connectivity index (χ0n) is 16.9. The second-order valence-corrected chi connectivity index (χ2v) is 8.96. The predicted molar refractivity (Wildman–Crippen MR) is 108 cm³/mol. The molecule has 0 heterocycles. The van der Waals surface area contributed by atoms with Crippen LogP contribution in [0, 0.1) is 0 Å². The van der Waals surface area contributed by atoms with Gasteiger partial charge in [-0.15, -0.1) is 0 Å². The number of aliphatic hydroxyl groups is 4. The number of rotatable bonds is 12. The van der Waals surface area contributed by atoms with Gasteiger partial charge in [-0.2, -0.15) is 0 Å². The van der Waals surface area contributed by atoms with Crippen LogP contribution >= 0.6 is 15.2 Å². The Hall–Kier alpha value is 0.0223. The maximum absolute atomic E-state index is 11.5. The van der Waals surface area contributed by atoms with Gasteiger partial charge in [-0.1, -0.05) is 0 Å². The van der Waals surface area contributed by atoms with Crippen LogP contribution in [0.4, 0.5) is 0 Å². The van der Waals surface area contributed by atoms with Crippen molar-refractivity contribution in [2.45, 2.75) is 38.8 Å². The van der Waals surface area contributed by atoms with Crippen LogP contribution in [0.5, 0.6) is 0 Å². The van der Waals surface area contributed by atoms with Crippen molar-refractivity contribution < 1.29 is 72.3 Å². The van der Waals surface area contributed by atoms with Crippen molar-refractivity contribution >= 4 is 53.9 Å². The van der Waals surface area contributed by atoms with Crippen molar-refractivity contribution in [1.82, 2.24) is 0 Å². The van der Waals surface area contributed by atoms with Crippen LogP contribution in [0.15, 0.2) is 0 Å². The summed E-state index contributed by atoms with van der Waals surface area (Å²) in [7, 11) is -10.5. The Morgan fingerprint density at radius 2 is 0.839 bits per heavy atom. The fraction of sp³-hybridized carbons (Fsp3) is 0.833. The van der Waals surface area contributed by atoms with Crippen LogP contribution in [-0.4, -0.2) is 112 Å². The molecule has 0 aliphatic carbocycles. The zero-order valence-corrected chi connectivity index (χ0v) is 18.6. The van der Waals surface area contributed by atoms with E-state index in [1.807, 2.05) is 0 Å². The fourth-order valence-electron chi connectivity index (χ4n) is 1.26. The molecule has 0 aromatic heterocycles. The Morgan fingerprint density at radius 1 is 0.677 bits per heavy atom. The van der Waals surface area contributed by atoms with Gasteiger partial charge in [0, 0.05) is 0 Å². The summed E-state index contributed by atoms with van der Waals surface area (Å²) in [5.41, 5.74) is -6.14. The molecular weight excluding hydrogens is 464 g/mol. The van der Waals surface area contributed by atoms with E-state index in [1.54, 1.807) is 0 Å². The molecule has 0 radical (unpaired) electrons. The average molecular weight is 494 g/mol.